The van der Waals surface area contributed by atoms with Crippen LogP contribution in [0.1, 0.15) is 13.8 Å². The van der Waals surface area contributed by atoms with Crippen molar-refractivity contribution in [1.29, 1.82) is 0 Å². The average molecular weight is 491 g/mol. The van der Waals surface area contributed by atoms with Gasteiger partial charge in [-0.15, -0.1) is 0 Å². The zero-order chi connectivity index (χ0) is 20.5. The molecule has 0 radical (unpaired) electrons. The number of rotatable bonds is 4. The Bertz CT molecular complexity index is 853. The Morgan fingerprint density at radius 1 is 0.630 bits per heavy atom. The van der Waals surface area contributed by atoms with Crippen molar-refractivity contribution in [3.8, 4) is 11.5 Å². The Morgan fingerprint density at radius 2 is 0.926 bits per heavy atom. The van der Waals surface area contributed by atoms with Crippen molar-refractivity contribution in [1.82, 2.24) is 0 Å². The first kappa shape index (κ1) is 22.4. The van der Waals surface area contributed by atoms with Crippen molar-refractivity contribution < 1.29 is 19.1 Å². The van der Waals surface area contributed by atoms with E-state index in [2.05, 4.69) is 0 Å². The molecule has 0 saturated carbocycles. The summed E-state index contributed by atoms with van der Waals surface area (Å²) in [6.07, 6.45) is 0. The van der Waals surface area contributed by atoms with Gasteiger partial charge in [0.05, 0.1) is 30.1 Å². The van der Waals surface area contributed by atoms with Crippen LogP contribution in [0.3, 0.4) is 0 Å². The molecule has 0 aromatic heterocycles. The summed E-state index contributed by atoms with van der Waals surface area (Å²) in [5.41, 5.74) is -1.70. The minimum atomic E-state index is -1.70. The van der Waals surface area contributed by atoms with Gasteiger partial charge in [0.15, 0.2) is 16.9 Å². The van der Waals surface area contributed by atoms with E-state index in [1.165, 1.54) is 38.1 Å². The van der Waals surface area contributed by atoms with Crippen molar-refractivity contribution in [2.45, 2.75) is 13.8 Å². The molecule has 4 nitrogen and oxygen atoms in total. The zero-order valence-electron chi connectivity index (χ0n) is 13.7. The molecule has 144 valence electrons. The first-order valence-electron chi connectivity index (χ1n) is 7.17. The molecular formula is C17H10Cl6O4. The summed E-state index contributed by atoms with van der Waals surface area (Å²) >= 11 is 35.4. The van der Waals surface area contributed by atoms with Gasteiger partial charge in [-0.1, -0.05) is 69.6 Å². The van der Waals surface area contributed by atoms with Crippen LogP contribution in [-0.4, -0.2) is 11.9 Å². The number of hydrogen-bond donors (Lipinski definition) is 0. The fourth-order valence-electron chi connectivity index (χ4n) is 1.70. The van der Waals surface area contributed by atoms with E-state index in [-0.39, 0.29) is 41.6 Å². The molecule has 0 aliphatic rings. The lowest BCUT2D eigenvalue weighted by Crippen LogP contribution is -2.39. The van der Waals surface area contributed by atoms with Gasteiger partial charge in [0, 0.05) is 12.1 Å². The predicted octanol–water partition coefficient (Wildman–Crippen LogP) is 7.14. The maximum atomic E-state index is 12.5. The van der Waals surface area contributed by atoms with E-state index in [1.54, 1.807) is 0 Å². The van der Waals surface area contributed by atoms with E-state index in [1.807, 2.05) is 0 Å². The van der Waals surface area contributed by atoms with Gasteiger partial charge in [-0.2, -0.15) is 0 Å². The lowest BCUT2D eigenvalue weighted by molar-refractivity contribution is -0.158. The minimum absolute atomic E-state index is 0.0504. The van der Waals surface area contributed by atoms with Crippen LogP contribution in [0, 0.1) is 5.41 Å². The summed E-state index contributed by atoms with van der Waals surface area (Å²) < 4.78 is 10.4. The molecule has 2 rings (SSSR count). The molecule has 10 heteroatoms. The number of esters is 2. The molecule has 0 unspecified atom stereocenters. The number of carbonyl (C=O) groups excluding carboxylic acids is 2. The van der Waals surface area contributed by atoms with Crippen LogP contribution in [0.15, 0.2) is 24.3 Å². The predicted molar refractivity (Wildman–Crippen MR) is 108 cm³/mol. The smallest absolute Gasteiger partial charge is 0.328 e. The van der Waals surface area contributed by atoms with Crippen LogP contribution >= 0.6 is 69.6 Å². The van der Waals surface area contributed by atoms with Crippen molar-refractivity contribution in [2.75, 3.05) is 0 Å². The molecule has 0 saturated heterocycles. The molecule has 2 aromatic rings. The van der Waals surface area contributed by atoms with Crippen molar-refractivity contribution in [3.05, 3.63) is 54.4 Å². The SMILES string of the molecule is CC(C)(C(=O)Oc1cc(Cl)c(Cl)cc1Cl)C(=O)Oc1cc(Cl)c(Cl)cc1Cl. The third kappa shape index (κ3) is 5.14. The molecule has 0 aliphatic heterocycles. The minimum Gasteiger partial charge on any atom is -0.424 e. The normalized spacial score (nSPS) is 11.3. The molecular weight excluding hydrogens is 481 g/mol. The first-order chi connectivity index (χ1) is 12.4. The second-order valence-electron chi connectivity index (χ2n) is 5.80. The summed E-state index contributed by atoms with van der Waals surface area (Å²) in [7, 11) is 0. The van der Waals surface area contributed by atoms with E-state index < -0.39 is 17.4 Å². The van der Waals surface area contributed by atoms with Gasteiger partial charge in [-0.05, 0) is 26.0 Å². The maximum absolute atomic E-state index is 12.5. The molecule has 0 atom stereocenters. The van der Waals surface area contributed by atoms with Crippen LogP contribution in [0.25, 0.3) is 0 Å². The van der Waals surface area contributed by atoms with Gasteiger partial charge in [0.25, 0.3) is 0 Å². The fraction of sp³-hybridized carbons (Fsp3) is 0.176. The Hall–Kier alpha value is -0.880. The zero-order valence-corrected chi connectivity index (χ0v) is 18.2. The Balaban J connectivity index is 2.22. The van der Waals surface area contributed by atoms with Gasteiger partial charge in [-0.25, -0.2) is 0 Å². The van der Waals surface area contributed by atoms with Gasteiger partial charge >= 0.3 is 11.9 Å². The molecule has 0 N–H and O–H groups in total. The molecule has 0 amide bonds. The third-order valence-electron chi connectivity index (χ3n) is 3.38. The van der Waals surface area contributed by atoms with Gasteiger partial charge in [-0.3, -0.25) is 9.59 Å². The summed E-state index contributed by atoms with van der Waals surface area (Å²) in [5.74, 6) is -1.96. The molecule has 0 bridgehead atoms. The third-order valence-corrected chi connectivity index (χ3v) is 5.41. The number of halogens is 6. The van der Waals surface area contributed by atoms with Crippen molar-refractivity contribution in [3.63, 3.8) is 0 Å². The summed E-state index contributed by atoms with van der Waals surface area (Å²) in [6, 6.07) is 5.16. The number of ether oxygens (including phenoxy) is 2. The van der Waals surface area contributed by atoms with E-state index in [0.717, 1.165) is 0 Å². The highest BCUT2D eigenvalue weighted by Gasteiger charge is 2.41. The Labute approximate surface area is 185 Å². The molecule has 0 spiro atoms. The van der Waals surface area contributed by atoms with E-state index in [0.29, 0.717) is 0 Å². The van der Waals surface area contributed by atoms with Crippen molar-refractivity contribution >= 4 is 81.5 Å². The second kappa shape index (κ2) is 8.64. The number of benzene rings is 2. The summed E-state index contributed by atoms with van der Waals surface area (Å²) in [4.78, 5) is 25.0. The van der Waals surface area contributed by atoms with E-state index >= 15 is 0 Å². The summed E-state index contributed by atoms with van der Waals surface area (Å²) in [5, 5.41) is 0.742. The molecule has 0 aliphatic carbocycles. The van der Waals surface area contributed by atoms with Crippen LogP contribution in [0.5, 0.6) is 11.5 Å². The quantitative estimate of drug-likeness (QED) is 0.198. The Morgan fingerprint density at radius 3 is 1.26 bits per heavy atom. The monoisotopic (exact) mass is 488 g/mol. The van der Waals surface area contributed by atoms with Crippen LogP contribution < -0.4 is 9.47 Å². The van der Waals surface area contributed by atoms with Gasteiger partial charge in [0.2, 0.25) is 0 Å². The summed E-state index contributed by atoms with van der Waals surface area (Å²) in [6.45, 7) is 2.63. The number of carbonyl (C=O) groups is 2. The Kier molecular flexibility index (Phi) is 7.17. The fourth-order valence-corrected chi connectivity index (χ4v) is 2.85. The lowest BCUT2D eigenvalue weighted by atomic mass is 9.94. The maximum Gasteiger partial charge on any atom is 0.328 e. The highest BCUT2D eigenvalue weighted by Crippen LogP contribution is 2.37. The molecule has 0 fully saturated rings. The highest BCUT2D eigenvalue weighted by atomic mass is 35.5. The molecule has 2 aromatic carbocycles. The average Bonchev–Trinajstić information content (AvgIpc) is 2.57. The lowest BCUT2D eigenvalue weighted by Gasteiger charge is -2.21. The largest absolute Gasteiger partial charge is 0.424 e. The van der Waals surface area contributed by atoms with Gasteiger partial charge in [0.1, 0.15) is 0 Å². The van der Waals surface area contributed by atoms with Crippen LogP contribution in [-0.2, 0) is 9.59 Å². The standard InChI is InChI=1S/C17H10Cl6O4/c1-17(2,15(24)26-13-5-9(20)7(18)3-11(13)22)16(25)27-14-6-10(21)8(19)4-12(14)23/h3-6H,1-2H3. The second-order valence-corrected chi connectivity index (χ2v) is 8.24. The first-order valence-corrected chi connectivity index (χ1v) is 9.44. The number of hydrogen-bond acceptors (Lipinski definition) is 4. The van der Waals surface area contributed by atoms with Crippen LogP contribution in [0.4, 0.5) is 0 Å². The highest BCUT2D eigenvalue weighted by molar-refractivity contribution is 6.44. The topological polar surface area (TPSA) is 52.6 Å². The molecule has 0 heterocycles. The van der Waals surface area contributed by atoms with E-state index in [9.17, 15) is 9.59 Å². The van der Waals surface area contributed by atoms with Crippen molar-refractivity contribution in [2.24, 2.45) is 5.41 Å². The van der Waals surface area contributed by atoms with E-state index in [4.69, 9.17) is 79.1 Å². The van der Waals surface area contributed by atoms with Crippen LogP contribution in [0.2, 0.25) is 30.1 Å². The van der Waals surface area contributed by atoms with Gasteiger partial charge < -0.3 is 9.47 Å². The molecule has 27 heavy (non-hydrogen) atoms.